The largest absolute Gasteiger partial charge is 0.454 e. The number of unbranched alkanes of at least 4 members (excludes halogenated alkanes) is 11. The summed E-state index contributed by atoms with van der Waals surface area (Å²) in [5, 5.41) is 0. The summed E-state index contributed by atoms with van der Waals surface area (Å²) < 4.78 is 5.73. The molecule has 0 unspecified atom stereocenters. The van der Waals surface area contributed by atoms with Gasteiger partial charge in [-0.3, -0.25) is 14.4 Å². The number of hydrogen-bond donors (Lipinski definition) is 0. The summed E-state index contributed by atoms with van der Waals surface area (Å²) >= 11 is 0. The van der Waals surface area contributed by atoms with Crippen molar-refractivity contribution < 1.29 is 19.1 Å². The van der Waals surface area contributed by atoms with Crippen LogP contribution in [0.2, 0.25) is 0 Å². The molecule has 0 bridgehead atoms. The molecule has 0 amide bonds. The maximum atomic E-state index is 13.2. The Labute approximate surface area is 287 Å². The summed E-state index contributed by atoms with van der Waals surface area (Å²) in [4.78, 5) is 36.5. The molecular formula is C43H64O4. The highest BCUT2D eigenvalue weighted by atomic mass is 16.5. The number of carbonyl (C=O) groups excluding carboxylic acids is 3. The summed E-state index contributed by atoms with van der Waals surface area (Å²) in [6, 6.07) is 0. The maximum Gasteiger partial charge on any atom is 0.306 e. The van der Waals surface area contributed by atoms with Gasteiger partial charge in [0.25, 0.3) is 0 Å². The molecule has 0 aromatic heterocycles. The van der Waals surface area contributed by atoms with E-state index in [0.717, 1.165) is 48.7 Å². The number of carbonyl (C=O) groups is 3. The summed E-state index contributed by atoms with van der Waals surface area (Å²) in [7, 11) is 0. The molecule has 0 aromatic rings. The Hall–Kier alpha value is -3.27. The van der Waals surface area contributed by atoms with Crippen LogP contribution in [0.25, 0.3) is 0 Å². The fourth-order valence-electron chi connectivity index (χ4n) is 5.68. The molecule has 47 heavy (non-hydrogen) atoms. The minimum Gasteiger partial charge on any atom is -0.454 e. The molecule has 0 spiro atoms. The second-order valence-corrected chi connectivity index (χ2v) is 13.7. The molecule has 4 nitrogen and oxygen atoms in total. The van der Waals surface area contributed by atoms with Crippen LogP contribution in [0, 0.1) is 5.41 Å². The number of esters is 1. The second kappa shape index (κ2) is 24.8. The van der Waals surface area contributed by atoms with E-state index in [9.17, 15) is 14.4 Å². The topological polar surface area (TPSA) is 60.4 Å². The molecule has 0 saturated carbocycles. The van der Waals surface area contributed by atoms with Crippen LogP contribution in [0.4, 0.5) is 0 Å². The standard InChI is InChI=1S/C43H64O4/c1-8-9-10-11-12-13-14-15-16-17-18-19-20-21-22-30-41(45)47-40-33-43(6,7)39(38(5)42(40)46)32-31-36(3)29-25-28-35(2)26-23-24-27-37(4)34-44/h15-16,23-29,31-32,34,40H,8-14,17-22,30,33H2,1-7H3/b16-15-,24-23?,28-25?,32-31?,35-26?,36-29?,37-27?/t40-/m0/s1. The Kier molecular flexibility index (Phi) is 22.1. The number of aldehydes is 1. The quantitative estimate of drug-likeness (QED) is 0.0277. The van der Waals surface area contributed by atoms with Gasteiger partial charge in [0, 0.05) is 12.8 Å². The third-order valence-electron chi connectivity index (χ3n) is 8.65. The van der Waals surface area contributed by atoms with E-state index >= 15 is 0 Å². The van der Waals surface area contributed by atoms with E-state index in [-0.39, 0.29) is 17.2 Å². The number of ether oxygens (including phenoxy) is 1. The van der Waals surface area contributed by atoms with E-state index in [0.29, 0.717) is 24.0 Å². The zero-order valence-electron chi connectivity index (χ0n) is 30.7. The average molecular weight is 645 g/mol. The van der Waals surface area contributed by atoms with Gasteiger partial charge in [0.1, 0.15) is 6.29 Å². The lowest BCUT2D eigenvalue weighted by Gasteiger charge is -2.36. The lowest BCUT2D eigenvalue weighted by molar-refractivity contribution is -0.156. The van der Waals surface area contributed by atoms with E-state index in [1.807, 2.05) is 69.4 Å². The third kappa shape index (κ3) is 19.2. The fraction of sp³-hybridized carbons (Fsp3) is 0.558. The van der Waals surface area contributed by atoms with Crippen LogP contribution >= 0.6 is 0 Å². The van der Waals surface area contributed by atoms with Crippen molar-refractivity contribution in [1.82, 2.24) is 0 Å². The van der Waals surface area contributed by atoms with Gasteiger partial charge in [0.2, 0.25) is 0 Å². The van der Waals surface area contributed by atoms with Crippen molar-refractivity contribution in [2.75, 3.05) is 0 Å². The highest BCUT2D eigenvalue weighted by Crippen LogP contribution is 2.41. The van der Waals surface area contributed by atoms with Gasteiger partial charge in [-0.25, -0.2) is 0 Å². The summed E-state index contributed by atoms with van der Waals surface area (Å²) in [6.45, 7) is 14.1. The van der Waals surface area contributed by atoms with Crippen LogP contribution in [0.5, 0.6) is 0 Å². The van der Waals surface area contributed by atoms with Gasteiger partial charge in [0.15, 0.2) is 11.9 Å². The minimum absolute atomic E-state index is 0.0876. The predicted octanol–water partition coefficient (Wildman–Crippen LogP) is 12.0. The van der Waals surface area contributed by atoms with Crippen LogP contribution in [-0.2, 0) is 19.1 Å². The van der Waals surface area contributed by atoms with Crippen molar-refractivity contribution in [3.8, 4) is 0 Å². The molecule has 0 aromatic carbocycles. The first-order valence-electron chi connectivity index (χ1n) is 18.1. The lowest BCUT2D eigenvalue weighted by Crippen LogP contribution is -2.39. The van der Waals surface area contributed by atoms with Gasteiger partial charge >= 0.3 is 5.97 Å². The first kappa shape index (κ1) is 41.8. The first-order chi connectivity index (χ1) is 22.5. The van der Waals surface area contributed by atoms with Gasteiger partial charge < -0.3 is 4.74 Å². The van der Waals surface area contributed by atoms with E-state index in [1.54, 1.807) is 13.0 Å². The molecule has 0 aliphatic heterocycles. The predicted molar refractivity (Wildman–Crippen MR) is 200 cm³/mol. The van der Waals surface area contributed by atoms with E-state index < -0.39 is 6.10 Å². The van der Waals surface area contributed by atoms with Gasteiger partial charge in [-0.05, 0) is 81.9 Å². The Bertz CT molecular complexity index is 1210. The van der Waals surface area contributed by atoms with Crippen molar-refractivity contribution in [3.63, 3.8) is 0 Å². The maximum absolute atomic E-state index is 13.2. The molecule has 260 valence electrons. The summed E-state index contributed by atoms with van der Waals surface area (Å²) in [5.41, 5.74) is 4.20. The van der Waals surface area contributed by atoms with Crippen LogP contribution in [0.3, 0.4) is 0 Å². The number of rotatable bonds is 23. The van der Waals surface area contributed by atoms with Crippen molar-refractivity contribution in [3.05, 3.63) is 94.7 Å². The molecule has 1 atom stereocenters. The number of Topliss-reactive ketones (excluding diaryl/α,β-unsaturated/α-hetero) is 1. The van der Waals surface area contributed by atoms with Crippen LogP contribution in [0.15, 0.2) is 94.7 Å². The van der Waals surface area contributed by atoms with Crippen LogP contribution in [-0.4, -0.2) is 24.1 Å². The van der Waals surface area contributed by atoms with Crippen molar-refractivity contribution in [2.45, 2.75) is 151 Å². The molecule has 0 saturated heterocycles. The molecule has 1 rings (SSSR count). The van der Waals surface area contributed by atoms with Gasteiger partial charge in [0.05, 0.1) is 0 Å². The van der Waals surface area contributed by atoms with Crippen molar-refractivity contribution in [2.24, 2.45) is 5.41 Å². The Morgan fingerprint density at radius 3 is 1.91 bits per heavy atom. The van der Waals surface area contributed by atoms with Gasteiger partial charge in [-0.15, -0.1) is 0 Å². The molecular weight excluding hydrogens is 580 g/mol. The van der Waals surface area contributed by atoms with Crippen LogP contribution in [0.1, 0.15) is 145 Å². The average Bonchev–Trinajstić information content (AvgIpc) is 3.03. The number of hydrogen-bond acceptors (Lipinski definition) is 4. The molecule has 1 aliphatic carbocycles. The Balaban J connectivity index is 2.46. The fourth-order valence-corrected chi connectivity index (χ4v) is 5.68. The zero-order chi connectivity index (χ0) is 34.9. The molecule has 0 heterocycles. The summed E-state index contributed by atoms with van der Waals surface area (Å²) in [6.07, 6.45) is 39.1. The number of ketones is 1. The molecule has 1 aliphatic rings. The lowest BCUT2D eigenvalue weighted by atomic mass is 9.71. The first-order valence-corrected chi connectivity index (χ1v) is 18.1. The van der Waals surface area contributed by atoms with Crippen LogP contribution < -0.4 is 0 Å². The Morgan fingerprint density at radius 1 is 0.766 bits per heavy atom. The van der Waals surface area contributed by atoms with Crippen molar-refractivity contribution >= 4 is 18.0 Å². The SMILES string of the molecule is CCCCCCCC/C=C\CCCCCCCC(=O)O[C@H]1CC(C)(C)C(C=CC(C)=CC=CC(C)=CC=CC=C(C)C=O)=C(C)C1=O. The normalized spacial score (nSPS) is 18.1. The number of allylic oxidation sites excluding steroid dienone is 15. The second-order valence-electron chi connectivity index (χ2n) is 13.7. The van der Waals surface area contributed by atoms with Gasteiger partial charge in [-0.1, -0.05) is 150 Å². The van der Waals surface area contributed by atoms with E-state index in [1.165, 1.54) is 57.8 Å². The summed E-state index contributed by atoms with van der Waals surface area (Å²) in [5.74, 6) is -0.350. The Morgan fingerprint density at radius 2 is 1.30 bits per heavy atom. The molecule has 4 heteroatoms. The minimum atomic E-state index is -0.709. The zero-order valence-corrected chi connectivity index (χ0v) is 30.7. The highest BCUT2D eigenvalue weighted by molar-refractivity contribution is 6.01. The highest BCUT2D eigenvalue weighted by Gasteiger charge is 2.39. The smallest absolute Gasteiger partial charge is 0.306 e. The molecule has 0 radical (unpaired) electrons. The van der Waals surface area contributed by atoms with Crippen molar-refractivity contribution in [1.29, 1.82) is 0 Å². The molecule has 0 fully saturated rings. The van der Waals surface area contributed by atoms with E-state index in [4.69, 9.17) is 4.74 Å². The van der Waals surface area contributed by atoms with E-state index in [2.05, 4.69) is 32.9 Å². The van der Waals surface area contributed by atoms with Gasteiger partial charge in [-0.2, -0.15) is 0 Å². The monoisotopic (exact) mass is 644 g/mol. The molecule has 0 N–H and O–H groups in total. The third-order valence-corrected chi connectivity index (χ3v) is 8.65.